The van der Waals surface area contributed by atoms with Crippen LogP contribution in [-0.2, 0) is 34.1 Å². The van der Waals surface area contributed by atoms with Crippen LogP contribution in [0.15, 0.2) is 58.0 Å². The van der Waals surface area contributed by atoms with Gasteiger partial charge >= 0.3 is 6.09 Å². The number of sulfonamides is 1. The number of hydrogen-bond donors (Lipinski definition) is 2. The summed E-state index contributed by atoms with van der Waals surface area (Å²) >= 11 is 0. The molecule has 1 saturated heterocycles. The lowest BCUT2D eigenvalue weighted by Gasteiger charge is -2.38. The second-order valence-electron chi connectivity index (χ2n) is 10.3. The summed E-state index contributed by atoms with van der Waals surface area (Å²) in [7, 11) is -3.73. The van der Waals surface area contributed by atoms with Crippen LogP contribution in [0.1, 0.15) is 42.9 Å². The quantitative estimate of drug-likeness (QED) is 0.414. The van der Waals surface area contributed by atoms with Gasteiger partial charge in [0, 0.05) is 44.2 Å². The molecule has 2 unspecified atom stereocenters. The van der Waals surface area contributed by atoms with Gasteiger partial charge in [0.25, 0.3) is 0 Å². The minimum atomic E-state index is -3.73. The molecular formula is C29H37N3O6S. The fourth-order valence-electron chi connectivity index (χ4n) is 5.80. The summed E-state index contributed by atoms with van der Waals surface area (Å²) in [4.78, 5) is 16.4. The van der Waals surface area contributed by atoms with Crippen molar-refractivity contribution in [1.82, 2.24) is 14.5 Å². The number of nitrogens with one attached hydrogen (secondary N) is 1. The number of rotatable bonds is 9. The number of carbonyl (C=O) groups is 1. The number of aliphatic hydroxyl groups excluding tert-OH is 1. The number of ether oxygens (including phenoxy) is 1. The molecule has 2 aromatic carbocycles. The molecule has 2 aliphatic rings. The molecule has 0 saturated carbocycles. The summed E-state index contributed by atoms with van der Waals surface area (Å²) in [6.07, 6.45) is 4.29. The third kappa shape index (κ3) is 6.30. The molecule has 1 aromatic heterocycles. The van der Waals surface area contributed by atoms with E-state index in [9.17, 15) is 18.3 Å². The maximum absolute atomic E-state index is 13.3. The molecule has 0 aliphatic carbocycles. The van der Waals surface area contributed by atoms with E-state index in [1.165, 1.54) is 0 Å². The Morgan fingerprint density at radius 2 is 2.03 bits per heavy atom. The summed E-state index contributed by atoms with van der Waals surface area (Å²) in [6.45, 7) is 4.69. The van der Waals surface area contributed by atoms with Crippen molar-refractivity contribution in [1.29, 1.82) is 0 Å². The number of piperidine rings is 1. The molecule has 10 heteroatoms. The van der Waals surface area contributed by atoms with Crippen LogP contribution in [0.3, 0.4) is 0 Å². The molecule has 2 N–H and O–H groups in total. The van der Waals surface area contributed by atoms with Gasteiger partial charge in [0.2, 0.25) is 10.0 Å². The van der Waals surface area contributed by atoms with Crippen molar-refractivity contribution in [3.05, 3.63) is 65.4 Å². The van der Waals surface area contributed by atoms with Gasteiger partial charge in [-0.3, -0.25) is 4.90 Å². The van der Waals surface area contributed by atoms with Crippen molar-refractivity contribution in [3.63, 3.8) is 0 Å². The van der Waals surface area contributed by atoms with Gasteiger partial charge in [-0.05, 0) is 67.9 Å². The number of likely N-dealkylation sites (tertiary alicyclic amines) is 1. The molecule has 2 atom stereocenters. The first-order valence-corrected chi connectivity index (χ1v) is 15.2. The number of para-hydroxylation sites is 1. The SMILES string of the molecule is CCOC(=O)N1CCc2c(cccc2S(=O)(=O)NCCC2CC(O)CCN2CCc2coc3ccccc23)C1. The van der Waals surface area contributed by atoms with Crippen LogP contribution in [0.25, 0.3) is 11.0 Å². The Hall–Kier alpha value is -2.92. The number of aliphatic hydroxyl groups is 1. The predicted octanol–water partition coefficient (Wildman–Crippen LogP) is 3.68. The van der Waals surface area contributed by atoms with E-state index < -0.39 is 10.0 Å². The number of benzene rings is 2. The fourth-order valence-corrected chi connectivity index (χ4v) is 7.16. The van der Waals surface area contributed by atoms with E-state index in [0.29, 0.717) is 45.4 Å². The van der Waals surface area contributed by atoms with Crippen molar-refractivity contribution >= 4 is 27.1 Å². The van der Waals surface area contributed by atoms with Crippen LogP contribution in [0.2, 0.25) is 0 Å². The van der Waals surface area contributed by atoms with Gasteiger partial charge in [-0.1, -0.05) is 30.3 Å². The molecule has 9 nitrogen and oxygen atoms in total. The molecule has 39 heavy (non-hydrogen) atoms. The number of nitrogens with zero attached hydrogens (tertiary/aromatic N) is 2. The van der Waals surface area contributed by atoms with Crippen molar-refractivity contribution in [3.8, 4) is 0 Å². The molecule has 0 spiro atoms. The highest BCUT2D eigenvalue weighted by Gasteiger charge is 2.30. The fraction of sp³-hybridized carbons (Fsp3) is 0.483. The third-order valence-corrected chi connectivity index (χ3v) is 9.39. The highest BCUT2D eigenvalue weighted by molar-refractivity contribution is 7.89. The Balaban J connectivity index is 1.20. The molecule has 5 rings (SSSR count). The van der Waals surface area contributed by atoms with Crippen molar-refractivity contribution in [2.75, 3.05) is 32.8 Å². The highest BCUT2D eigenvalue weighted by atomic mass is 32.2. The average Bonchev–Trinajstić information content (AvgIpc) is 3.35. The number of amides is 1. The standard InChI is InChI=1S/C29H37N3O6S/c1-2-37-29(34)32-17-13-26-21(19-32)6-5-9-28(26)39(35,36)30-14-10-23-18-24(33)12-16-31(23)15-11-22-20-38-27-8-4-3-7-25(22)27/h3-9,20,23-24,30,33H,2,10-19H2,1H3. The zero-order valence-electron chi connectivity index (χ0n) is 22.3. The number of fused-ring (bicyclic) bond motifs is 2. The monoisotopic (exact) mass is 555 g/mol. The molecule has 3 heterocycles. The topological polar surface area (TPSA) is 112 Å². The lowest BCUT2D eigenvalue weighted by Crippen LogP contribution is -2.46. The van der Waals surface area contributed by atoms with Gasteiger partial charge in [0.15, 0.2) is 0 Å². The van der Waals surface area contributed by atoms with E-state index in [2.05, 4.69) is 15.7 Å². The highest BCUT2D eigenvalue weighted by Crippen LogP contribution is 2.27. The smallest absolute Gasteiger partial charge is 0.410 e. The lowest BCUT2D eigenvalue weighted by atomic mass is 9.96. The minimum Gasteiger partial charge on any atom is -0.464 e. The van der Waals surface area contributed by atoms with Crippen LogP contribution in [-0.4, -0.2) is 74.3 Å². The first-order valence-electron chi connectivity index (χ1n) is 13.7. The minimum absolute atomic E-state index is 0.0810. The van der Waals surface area contributed by atoms with Gasteiger partial charge in [0.05, 0.1) is 23.9 Å². The Morgan fingerprint density at radius 1 is 1.18 bits per heavy atom. The number of carbonyl (C=O) groups excluding carboxylic acids is 1. The summed E-state index contributed by atoms with van der Waals surface area (Å²) in [5.41, 5.74) is 3.62. The summed E-state index contributed by atoms with van der Waals surface area (Å²) < 4.78 is 40.2. The van der Waals surface area contributed by atoms with E-state index in [1.807, 2.05) is 30.5 Å². The lowest BCUT2D eigenvalue weighted by molar-refractivity contribution is 0.0394. The summed E-state index contributed by atoms with van der Waals surface area (Å²) in [5, 5.41) is 11.5. The maximum atomic E-state index is 13.3. The molecular weight excluding hydrogens is 518 g/mol. The predicted molar refractivity (Wildman–Crippen MR) is 148 cm³/mol. The second kappa shape index (κ2) is 12.1. The molecule has 2 aliphatic heterocycles. The normalized spacial score (nSPS) is 20.2. The van der Waals surface area contributed by atoms with Crippen LogP contribution >= 0.6 is 0 Å². The van der Waals surface area contributed by atoms with Gasteiger partial charge in [-0.2, -0.15) is 0 Å². The van der Waals surface area contributed by atoms with Crippen LogP contribution in [0, 0.1) is 0 Å². The van der Waals surface area contributed by atoms with Crippen molar-refractivity contribution < 1.29 is 27.5 Å². The Labute approximate surface area is 229 Å². The van der Waals surface area contributed by atoms with Gasteiger partial charge in [0.1, 0.15) is 5.58 Å². The van der Waals surface area contributed by atoms with Gasteiger partial charge < -0.3 is 19.2 Å². The van der Waals surface area contributed by atoms with Crippen molar-refractivity contribution in [2.24, 2.45) is 0 Å². The van der Waals surface area contributed by atoms with Crippen LogP contribution in [0.4, 0.5) is 4.79 Å². The summed E-state index contributed by atoms with van der Waals surface area (Å²) in [5.74, 6) is 0. The first-order chi connectivity index (χ1) is 18.9. The zero-order valence-corrected chi connectivity index (χ0v) is 23.2. The van der Waals surface area contributed by atoms with E-state index in [0.717, 1.165) is 47.2 Å². The van der Waals surface area contributed by atoms with Crippen molar-refractivity contribution in [2.45, 2.75) is 62.6 Å². The van der Waals surface area contributed by atoms with Crippen LogP contribution in [0.5, 0.6) is 0 Å². The summed E-state index contributed by atoms with van der Waals surface area (Å²) in [6, 6.07) is 13.3. The number of hydrogen-bond acceptors (Lipinski definition) is 7. The van der Waals surface area contributed by atoms with E-state index in [-0.39, 0.29) is 29.7 Å². The molecule has 210 valence electrons. The largest absolute Gasteiger partial charge is 0.464 e. The zero-order chi connectivity index (χ0) is 27.4. The Bertz CT molecular complexity index is 1410. The van der Waals surface area contributed by atoms with E-state index in [1.54, 1.807) is 24.0 Å². The van der Waals surface area contributed by atoms with E-state index >= 15 is 0 Å². The molecule has 0 radical (unpaired) electrons. The van der Waals surface area contributed by atoms with Gasteiger partial charge in [-0.25, -0.2) is 17.9 Å². The molecule has 3 aromatic rings. The number of furan rings is 1. The van der Waals surface area contributed by atoms with E-state index in [4.69, 9.17) is 9.15 Å². The maximum Gasteiger partial charge on any atom is 0.410 e. The Morgan fingerprint density at radius 3 is 2.87 bits per heavy atom. The van der Waals surface area contributed by atoms with Crippen LogP contribution < -0.4 is 4.72 Å². The third-order valence-electron chi connectivity index (χ3n) is 7.85. The molecule has 1 amide bonds. The first kappa shape index (κ1) is 27.6. The molecule has 1 fully saturated rings. The Kier molecular flexibility index (Phi) is 8.56. The molecule has 0 bridgehead atoms. The van der Waals surface area contributed by atoms with Gasteiger partial charge in [-0.15, -0.1) is 0 Å². The average molecular weight is 556 g/mol. The second-order valence-corrected chi connectivity index (χ2v) is 12.1.